The second-order valence-electron chi connectivity index (χ2n) is 7.99. The van der Waals surface area contributed by atoms with Crippen molar-refractivity contribution < 1.29 is 4.58 Å². The molecule has 0 amide bonds. The molecule has 1 aromatic carbocycles. The molecule has 0 fully saturated rings. The molecule has 0 radical (unpaired) electrons. The Balaban J connectivity index is 2.72. The molecule has 0 saturated heterocycles. The number of rotatable bonds is 2. The van der Waals surface area contributed by atoms with Crippen LogP contribution in [0, 0.1) is 18.3 Å². The van der Waals surface area contributed by atoms with Crippen molar-refractivity contribution in [1.29, 1.82) is 0 Å². The van der Waals surface area contributed by atoms with Crippen LogP contribution in [-0.4, -0.2) is 16.8 Å². The normalized spacial score (nSPS) is 22.6. The van der Waals surface area contributed by atoms with Crippen molar-refractivity contribution in [1.82, 2.24) is 0 Å². The average Bonchev–Trinajstić information content (AvgIpc) is 2.51. The fraction of sp³-hybridized carbons (Fsp3) is 0.632. The first-order valence-electron chi connectivity index (χ1n) is 7.81. The highest BCUT2D eigenvalue weighted by atomic mass is 15.1. The number of nitrogens with zero attached hydrogens (tertiary/aromatic N) is 1. The van der Waals surface area contributed by atoms with Gasteiger partial charge in [-0.25, -0.2) is 0 Å². The quantitative estimate of drug-likeness (QED) is 0.661. The zero-order valence-corrected chi connectivity index (χ0v) is 14.5. The molecule has 1 atom stereocenters. The molecule has 1 aromatic rings. The van der Waals surface area contributed by atoms with E-state index in [4.69, 9.17) is 0 Å². The Kier molecular flexibility index (Phi) is 3.60. The minimum Gasteiger partial charge on any atom is -0.199 e. The van der Waals surface area contributed by atoms with Crippen LogP contribution < -0.4 is 0 Å². The smallest absolute Gasteiger partial charge is 0.199 e. The molecule has 1 nitrogen and oxygen atoms in total. The summed E-state index contributed by atoms with van der Waals surface area (Å²) in [6.07, 6.45) is 0. The van der Waals surface area contributed by atoms with Gasteiger partial charge in [0.05, 0.1) is 5.41 Å². The third-order valence-corrected chi connectivity index (χ3v) is 5.16. The second-order valence-corrected chi connectivity index (χ2v) is 7.99. The third kappa shape index (κ3) is 2.12. The number of fused-ring (bicyclic) bond motifs is 1. The van der Waals surface area contributed by atoms with Gasteiger partial charge in [-0.05, 0) is 25.3 Å². The number of hydrogen-bond donors (Lipinski definition) is 0. The fourth-order valence-corrected chi connectivity index (χ4v) is 3.48. The molecule has 1 heteroatoms. The average molecular weight is 272 g/mol. The summed E-state index contributed by atoms with van der Waals surface area (Å²) in [5.74, 6) is 0.668. The Morgan fingerprint density at radius 2 is 1.75 bits per heavy atom. The Labute approximate surface area is 124 Å². The van der Waals surface area contributed by atoms with Gasteiger partial charge in [-0.1, -0.05) is 46.2 Å². The Morgan fingerprint density at radius 3 is 2.25 bits per heavy atom. The third-order valence-electron chi connectivity index (χ3n) is 5.16. The summed E-state index contributed by atoms with van der Waals surface area (Å²) in [5.41, 5.74) is 6.11. The molecule has 20 heavy (non-hydrogen) atoms. The maximum Gasteiger partial charge on any atom is 0.209 e. The van der Waals surface area contributed by atoms with Gasteiger partial charge in [-0.3, -0.25) is 0 Å². The minimum absolute atomic E-state index is 0.114. The van der Waals surface area contributed by atoms with Crippen molar-refractivity contribution in [2.24, 2.45) is 11.3 Å². The maximum absolute atomic E-state index is 2.55. The largest absolute Gasteiger partial charge is 0.209 e. The van der Waals surface area contributed by atoms with E-state index in [1.807, 2.05) is 0 Å². The fourth-order valence-electron chi connectivity index (χ4n) is 3.48. The van der Waals surface area contributed by atoms with Crippen molar-refractivity contribution in [3.8, 4) is 0 Å². The molecule has 1 unspecified atom stereocenters. The van der Waals surface area contributed by atoms with E-state index in [-0.39, 0.29) is 10.8 Å². The molecule has 1 aliphatic rings. The Bertz CT molecular complexity index is 558. The first kappa shape index (κ1) is 15.3. The molecule has 0 aliphatic carbocycles. The van der Waals surface area contributed by atoms with E-state index >= 15 is 0 Å². The lowest BCUT2D eigenvalue weighted by molar-refractivity contribution is -0.446. The van der Waals surface area contributed by atoms with Gasteiger partial charge in [0.1, 0.15) is 0 Å². The highest BCUT2D eigenvalue weighted by Gasteiger charge is 2.53. The molecular weight excluding hydrogens is 242 g/mol. The van der Waals surface area contributed by atoms with E-state index in [9.17, 15) is 0 Å². The minimum atomic E-state index is 0.114. The summed E-state index contributed by atoms with van der Waals surface area (Å²) in [6, 6.07) is 6.95. The lowest BCUT2D eigenvalue weighted by Gasteiger charge is -2.37. The standard InChI is InChI=1S/C19H30N/c1-13(2)12-20-15(4)19(8,18(5,6)7)16-11-14(3)9-10-17(16)20/h9-11,13H,12H2,1-8H3/q+1. The Morgan fingerprint density at radius 1 is 1.15 bits per heavy atom. The van der Waals surface area contributed by atoms with Gasteiger partial charge in [0.15, 0.2) is 12.3 Å². The van der Waals surface area contributed by atoms with Crippen LogP contribution >= 0.6 is 0 Å². The SMILES string of the molecule is CC1=[N+](CC(C)C)c2ccc(C)cc2C1(C)C(C)(C)C. The number of hydrogen-bond acceptors (Lipinski definition) is 0. The summed E-state index contributed by atoms with van der Waals surface area (Å²) < 4.78 is 2.55. The summed E-state index contributed by atoms with van der Waals surface area (Å²) in [5, 5.41) is 0. The zero-order valence-electron chi connectivity index (χ0n) is 14.5. The molecule has 1 aliphatic heterocycles. The molecular formula is C19H30N+. The van der Waals surface area contributed by atoms with Crippen molar-refractivity contribution in [3.05, 3.63) is 29.3 Å². The van der Waals surface area contributed by atoms with Gasteiger partial charge in [-0.15, -0.1) is 0 Å². The van der Waals surface area contributed by atoms with Gasteiger partial charge in [0.25, 0.3) is 0 Å². The highest BCUT2D eigenvalue weighted by Crippen LogP contribution is 2.50. The van der Waals surface area contributed by atoms with Gasteiger partial charge in [-0.2, -0.15) is 4.58 Å². The highest BCUT2D eigenvalue weighted by molar-refractivity contribution is 5.94. The van der Waals surface area contributed by atoms with E-state index < -0.39 is 0 Å². The van der Waals surface area contributed by atoms with E-state index in [1.54, 1.807) is 0 Å². The van der Waals surface area contributed by atoms with Crippen LogP contribution in [0.5, 0.6) is 0 Å². The van der Waals surface area contributed by atoms with Gasteiger partial charge in [0.2, 0.25) is 5.69 Å². The first-order chi connectivity index (χ1) is 9.09. The van der Waals surface area contributed by atoms with Crippen molar-refractivity contribution >= 4 is 11.4 Å². The van der Waals surface area contributed by atoms with Crippen LogP contribution in [0.1, 0.15) is 59.6 Å². The molecule has 0 N–H and O–H groups in total. The van der Waals surface area contributed by atoms with Crippen molar-refractivity contribution in [2.45, 2.75) is 60.8 Å². The molecule has 2 rings (SSSR count). The lowest BCUT2D eigenvalue weighted by atomic mass is 9.62. The van der Waals surface area contributed by atoms with Crippen molar-refractivity contribution in [3.63, 3.8) is 0 Å². The lowest BCUT2D eigenvalue weighted by Crippen LogP contribution is -2.43. The van der Waals surface area contributed by atoms with Gasteiger partial charge in [0, 0.05) is 24.5 Å². The maximum atomic E-state index is 2.55. The molecule has 0 bridgehead atoms. The molecule has 0 aromatic heterocycles. The monoisotopic (exact) mass is 272 g/mol. The zero-order chi connectivity index (χ0) is 15.3. The predicted molar refractivity (Wildman–Crippen MR) is 88.3 cm³/mol. The summed E-state index contributed by atoms with van der Waals surface area (Å²) in [7, 11) is 0. The summed E-state index contributed by atoms with van der Waals surface area (Å²) in [6.45, 7) is 19.7. The van der Waals surface area contributed by atoms with Gasteiger partial charge < -0.3 is 0 Å². The topological polar surface area (TPSA) is 3.01 Å². The summed E-state index contributed by atoms with van der Waals surface area (Å²) >= 11 is 0. The second kappa shape index (κ2) is 4.72. The van der Waals surface area contributed by atoms with Crippen LogP contribution in [0.2, 0.25) is 0 Å². The molecule has 0 spiro atoms. The van der Waals surface area contributed by atoms with E-state index in [2.05, 4.69) is 78.2 Å². The number of aryl methyl sites for hydroxylation is 1. The molecule has 110 valence electrons. The predicted octanol–water partition coefficient (Wildman–Crippen LogP) is 5.07. The van der Waals surface area contributed by atoms with Gasteiger partial charge >= 0.3 is 0 Å². The van der Waals surface area contributed by atoms with Crippen LogP contribution in [-0.2, 0) is 5.41 Å². The van der Waals surface area contributed by atoms with E-state index in [0.29, 0.717) is 5.92 Å². The van der Waals surface area contributed by atoms with Crippen LogP contribution in [0.3, 0.4) is 0 Å². The molecule has 0 saturated carbocycles. The van der Waals surface area contributed by atoms with Crippen LogP contribution in [0.25, 0.3) is 0 Å². The number of benzene rings is 1. The first-order valence-corrected chi connectivity index (χ1v) is 7.81. The van der Waals surface area contributed by atoms with Crippen molar-refractivity contribution in [2.75, 3.05) is 6.54 Å². The Hall–Kier alpha value is -1.11. The summed E-state index contributed by atoms with van der Waals surface area (Å²) in [4.78, 5) is 0. The van der Waals surface area contributed by atoms with Crippen LogP contribution in [0.4, 0.5) is 5.69 Å². The van der Waals surface area contributed by atoms with E-state index in [1.165, 1.54) is 22.5 Å². The van der Waals surface area contributed by atoms with E-state index in [0.717, 1.165) is 6.54 Å². The molecule has 1 heterocycles. The van der Waals surface area contributed by atoms with Crippen LogP contribution in [0.15, 0.2) is 18.2 Å².